The number of fused-ring (bicyclic) bond motifs is 1. The number of carbonyl (C=O) groups excluding carboxylic acids is 1. The highest BCUT2D eigenvalue weighted by Gasteiger charge is 2.13. The third-order valence-electron chi connectivity index (χ3n) is 4.94. The van der Waals surface area contributed by atoms with Crippen molar-refractivity contribution in [3.63, 3.8) is 0 Å². The molecule has 0 bridgehead atoms. The first-order valence-corrected chi connectivity index (χ1v) is 11.3. The van der Waals surface area contributed by atoms with Crippen LogP contribution in [-0.4, -0.2) is 30.6 Å². The fraction of sp³-hybridized carbons (Fsp3) is 0.0870. The predicted octanol–water partition coefficient (Wildman–Crippen LogP) is 4.97. The van der Waals surface area contributed by atoms with Gasteiger partial charge in [-0.1, -0.05) is 41.9 Å². The van der Waals surface area contributed by atoms with E-state index in [1.807, 2.05) is 53.9 Å². The largest absolute Gasteiger partial charge is 0.352 e. The maximum Gasteiger partial charge on any atom is 0.217 e. The van der Waals surface area contributed by atoms with Crippen LogP contribution in [0.1, 0.15) is 12.5 Å². The minimum Gasteiger partial charge on any atom is -0.352 e. The Balaban J connectivity index is 1.37. The van der Waals surface area contributed by atoms with E-state index in [-0.39, 0.29) is 5.91 Å². The molecule has 0 saturated carbocycles. The lowest BCUT2D eigenvalue weighted by molar-refractivity contribution is -0.119. The fourth-order valence-corrected chi connectivity index (χ4v) is 4.23. The van der Waals surface area contributed by atoms with Crippen LogP contribution in [0.15, 0.2) is 66.4 Å². The van der Waals surface area contributed by atoms with Crippen molar-refractivity contribution in [2.75, 3.05) is 5.32 Å². The summed E-state index contributed by atoms with van der Waals surface area (Å²) in [6.07, 6.45) is 3.22. The van der Waals surface area contributed by atoms with Crippen LogP contribution in [0, 0.1) is 0 Å². The molecule has 8 nitrogen and oxygen atoms in total. The molecule has 3 heterocycles. The molecule has 2 aromatic carbocycles. The van der Waals surface area contributed by atoms with Crippen LogP contribution in [0.5, 0.6) is 0 Å². The first kappa shape index (κ1) is 21.0. The third-order valence-corrected chi connectivity index (χ3v) is 5.93. The van der Waals surface area contributed by atoms with E-state index in [0.29, 0.717) is 28.2 Å². The Morgan fingerprint density at radius 1 is 1.15 bits per heavy atom. The summed E-state index contributed by atoms with van der Waals surface area (Å²) in [6.45, 7) is 2.01. The average Bonchev–Trinajstić information content (AvgIpc) is 3.46. The van der Waals surface area contributed by atoms with Crippen molar-refractivity contribution in [3.05, 3.63) is 77.0 Å². The number of rotatable bonds is 6. The number of carbonyl (C=O) groups is 1. The monoisotopic (exact) mass is 475 g/mol. The van der Waals surface area contributed by atoms with Gasteiger partial charge < -0.3 is 10.6 Å². The highest BCUT2D eigenvalue weighted by molar-refractivity contribution is 7.14. The van der Waals surface area contributed by atoms with E-state index in [2.05, 4.69) is 25.7 Å². The summed E-state index contributed by atoms with van der Waals surface area (Å²) < 4.78 is 1.73. The molecule has 0 saturated heterocycles. The molecule has 5 aromatic rings. The third kappa shape index (κ3) is 4.55. The zero-order valence-corrected chi connectivity index (χ0v) is 19.1. The number of amides is 1. The van der Waals surface area contributed by atoms with Crippen LogP contribution in [0.4, 0.5) is 10.9 Å². The van der Waals surface area contributed by atoms with Crippen molar-refractivity contribution in [2.45, 2.75) is 13.5 Å². The molecule has 0 atom stereocenters. The molecule has 1 amide bonds. The smallest absolute Gasteiger partial charge is 0.217 e. The summed E-state index contributed by atoms with van der Waals surface area (Å²) >= 11 is 7.62. The Bertz CT molecular complexity index is 1450. The van der Waals surface area contributed by atoms with Gasteiger partial charge in [0.25, 0.3) is 0 Å². The Labute approximate surface area is 198 Å². The first-order valence-electron chi connectivity index (χ1n) is 10.1. The summed E-state index contributed by atoms with van der Waals surface area (Å²) in [7, 11) is 0. The van der Waals surface area contributed by atoms with Gasteiger partial charge in [0.15, 0.2) is 10.8 Å². The second-order valence-electron chi connectivity index (χ2n) is 7.27. The maximum absolute atomic E-state index is 11.1. The van der Waals surface area contributed by atoms with Crippen LogP contribution in [0.2, 0.25) is 5.02 Å². The van der Waals surface area contributed by atoms with Crippen LogP contribution in [-0.2, 0) is 11.3 Å². The lowest BCUT2D eigenvalue weighted by Crippen LogP contribution is -2.18. The number of halogens is 1. The zero-order chi connectivity index (χ0) is 22.8. The van der Waals surface area contributed by atoms with Crippen molar-refractivity contribution < 1.29 is 4.79 Å². The molecule has 0 fully saturated rings. The maximum atomic E-state index is 11.1. The number of anilines is 2. The van der Waals surface area contributed by atoms with Crippen LogP contribution < -0.4 is 10.6 Å². The van der Waals surface area contributed by atoms with E-state index >= 15 is 0 Å². The normalized spacial score (nSPS) is 11.0. The molecule has 3 aromatic heterocycles. The highest BCUT2D eigenvalue weighted by atomic mass is 35.5. The number of nitrogens with zero attached hydrogens (tertiary/aromatic N) is 5. The molecule has 33 heavy (non-hydrogen) atoms. The molecule has 0 spiro atoms. The number of benzene rings is 2. The van der Waals surface area contributed by atoms with Gasteiger partial charge in [0.05, 0.1) is 23.0 Å². The van der Waals surface area contributed by atoms with Gasteiger partial charge >= 0.3 is 0 Å². The second kappa shape index (κ2) is 8.97. The summed E-state index contributed by atoms with van der Waals surface area (Å²) in [5, 5.41) is 14.6. The fourth-order valence-electron chi connectivity index (χ4n) is 3.33. The molecule has 0 unspecified atom stereocenters. The van der Waals surface area contributed by atoms with Gasteiger partial charge in [-0.3, -0.25) is 4.79 Å². The van der Waals surface area contributed by atoms with Crippen molar-refractivity contribution in [3.8, 4) is 16.9 Å². The van der Waals surface area contributed by atoms with E-state index in [1.54, 1.807) is 10.9 Å². The summed E-state index contributed by atoms with van der Waals surface area (Å²) in [5.74, 6) is 0.575. The van der Waals surface area contributed by atoms with Crippen molar-refractivity contribution in [1.82, 2.24) is 30.0 Å². The lowest BCUT2D eigenvalue weighted by Gasteiger charge is -2.05. The van der Waals surface area contributed by atoms with Crippen LogP contribution in [0.3, 0.4) is 0 Å². The van der Waals surface area contributed by atoms with Gasteiger partial charge in [0.2, 0.25) is 5.91 Å². The summed E-state index contributed by atoms with van der Waals surface area (Å²) in [5.41, 5.74) is 4.37. The quantitative estimate of drug-likeness (QED) is 0.359. The molecular weight excluding hydrogens is 458 g/mol. The molecule has 5 rings (SSSR count). The summed E-state index contributed by atoms with van der Waals surface area (Å²) in [6, 6.07) is 15.4. The molecule has 0 radical (unpaired) electrons. The minimum atomic E-state index is -0.0498. The van der Waals surface area contributed by atoms with Crippen molar-refractivity contribution >= 4 is 50.8 Å². The van der Waals surface area contributed by atoms with E-state index < -0.39 is 0 Å². The zero-order valence-electron chi connectivity index (χ0n) is 17.5. The van der Waals surface area contributed by atoms with Crippen molar-refractivity contribution in [2.24, 2.45) is 0 Å². The number of thiazole rings is 1. The lowest BCUT2D eigenvalue weighted by atomic mass is 10.1. The molecule has 0 aliphatic heterocycles. The van der Waals surface area contributed by atoms with E-state index in [4.69, 9.17) is 16.6 Å². The van der Waals surface area contributed by atoms with Gasteiger partial charge in [-0.2, -0.15) is 5.10 Å². The molecule has 0 aliphatic rings. The van der Waals surface area contributed by atoms with E-state index in [0.717, 1.165) is 27.9 Å². The van der Waals surface area contributed by atoms with Gasteiger partial charge in [-0.15, -0.1) is 11.3 Å². The Kier molecular flexibility index (Phi) is 5.72. The first-order chi connectivity index (χ1) is 16.1. The van der Waals surface area contributed by atoms with Crippen LogP contribution in [0.25, 0.3) is 28.0 Å². The van der Waals surface area contributed by atoms with Crippen molar-refractivity contribution in [1.29, 1.82) is 0 Å². The Morgan fingerprint density at radius 3 is 2.79 bits per heavy atom. The van der Waals surface area contributed by atoms with E-state index in [1.165, 1.54) is 24.6 Å². The summed E-state index contributed by atoms with van der Waals surface area (Å²) in [4.78, 5) is 24.6. The number of nitrogens with one attached hydrogen (secondary N) is 2. The number of hydrogen-bond donors (Lipinski definition) is 2. The predicted molar refractivity (Wildman–Crippen MR) is 130 cm³/mol. The van der Waals surface area contributed by atoms with Gasteiger partial charge in [-0.25, -0.2) is 19.6 Å². The Morgan fingerprint density at radius 2 is 2.00 bits per heavy atom. The highest BCUT2D eigenvalue weighted by Crippen LogP contribution is 2.29. The molecular formula is C23H18ClN7OS. The Hall–Kier alpha value is -3.82. The topological polar surface area (TPSA) is 97.6 Å². The average molecular weight is 476 g/mol. The second-order valence-corrected chi connectivity index (χ2v) is 8.56. The minimum absolute atomic E-state index is 0.0498. The van der Waals surface area contributed by atoms with Gasteiger partial charge in [0.1, 0.15) is 12.1 Å². The molecule has 164 valence electrons. The number of aromatic nitrogens is 5. The molecule has 10 heteroatoms. The van der Waals surface area contributed by atoms with Crippen LogP contribution >= 0.6 is 22.9 Å². The number of hydrogen-bond acceptors (Lipinski definition) is 7. The standard InChI is InChI=1S/C23H18ClN7OS/c1-14(32)25-10-15-5-7-16(8-6-15)20-12-33-23(29-20)30-21-19-11-28-31(22(19)27-13-26-21)18-4-2-3-17(24)9-18/h2-9,11-13H,10H2,1H3,(H,25,32)(H,26,27,29,30). The molecule has 2 N–H and O–H groups in total. The van der Waals surface area contributed by atoms with Gasteiger partial charge in [-0.05, 0) is 23.8 Å². The SMILES string of the molecule is CC(=O)NCc1ccc(-c2csc(Nc3ncnc4c3cnn4-c3cccc(Cl)c3)n2)cc1. The molecule has 0 aliphatic carbocycles. The van der Waals surface area contributed by atoms with E-state index in [9.17, 15) is 4.79 Å². The van der Waals surface area contributed by atoms with Gasteiger partial charge in [0, 0.05) is 29.4 Å².